The maximum atomic E-state index is 13.8. The molecule has 0 spiro atoms. The number of amides is 2. The van der Waals surface area contributed by atoms with Gasteiger partial charge < -0.3 is 9.32 Å². The Morgan fingerprint density at radius 2 is 2.06 bits per heavy atom. The van der Waals surface area contributed by atoms with Crippen molar-refractivity contribution in [2.45, 2.75) is 19.1 Å². The van der Waals surface area contributed by atoms with Gasteiger partial charge in [0.15, 0.2) is 0 Å². The fraction of sp³-hybridized carbons (Fsp3) is 0.348. The van der Waals surface area contributed by atoms with Gasteiger partial charge in [0.1, 0.15) is 26.1 Å². The number of anilines is 1. The van der Waals surface area contributed by atoms with Crippen molar-refractivity contribution in [1.82, 2.24) is 20.1 Å². The number of carbonyl (C=O) groups is 1. The van der Waals surface area contributed by atoms with Crippen LogP contribution in [0.2, 0.25) is 5.02 Å². The van der Waals surface area contributed by atoms with Crippen molar-refractivity contribution < 1.29 is 31.3 Å². The highest BCUT2D eigenvalue weighted by Crippen LogP contribution is 2.31. The highest BCUT2D eigenvalue weighted by Gasteiger charge is 2.38. The minimum absolute atomic E-state index is 0.0112. The largest absolute Gasteiger partial charge is 0.470 e. The molecule has 1 saturated heterocycles. The van der Waals surface area contributed by atoms with Gasteiger partial charge >= 0.3 is 18.1 Å². The summed E-state index contributed by atoms with van der Waals surface area (Å²) in [6.07, 6.45) is -0.622. The lowest BCUT2D eigenvalue weighted by Crippen LogP contribution is -2.42. The van der Waals surface area contributed by atoms with E-state index in [-0.39, 0.29) is 35.0 Å². The molecular formula is C23H22ClF4N6O2+. The summed E-state index contributed by atoms with van der Waals surface area (Å²) in [6.45, 7) is 1.08. The van der Waals surface area contributed by atoms with E-state index in [1.165, 1.54) is 41.4 Å². The van der Waals surface area contributed by atoms with Crippen LogP contribution < -0.4 is 4.90 Å². The molecule has 1 fully saturated rings. The predicted molar refractivity (Wildman–Crippen MR) is 123 cm³/mol. The molecule has 4 rings (SSSR count). The number of hydrogen-bond donors (Lipinski definition) is 0. The van der Waals surface area contributed by atoms with Crippen molar-refractivity contribution in [3.05, 3.63) is 59.0 Å². The van der Waals surface area contributed by atoms with E-state index < -0.39 is 17.9 Å². The zero-order chi connectivity index (χ0) is 26.0. The number of halogens is 5. The van der Waals surface area contributed by atoms with E-state index in [9.17, 15) is 22.4 Å². The van der Waals surface area contributed by atoms with Gasteiger partial charge in [0.05, 0.1) is 28.7 Å². The molecule has 1 aliphatic heterocycles. The maximum Gasteiger partial charge on any atom is 0.470 e. The minimum atomic E-state index is -4.76. The smallest absolute Gasteiger partial charge is 0.413 e. The van der Waals surface area contributed by atoms with Crippen LogP contribution in [-0.4, -0.2) is 64.1 Å². The highest BCUT2D eigenvalue weighted by molar-refractivity contribution is 6.31. The first-order chi connectivity index (χ1) is 17.0. The molecule has 3 aromatic rings. The van der Waals surface area contributed by atoms with Crippen molar-refractivity contribution in [2.75, 3.05) is 32.1 Å². The average molecular weight is 526 g/mol. The first kappa shape index (κ1) is 25.5. The molecule has 13 heteroatoms. The standard InChI is InChI=1S/C23H22ClF4N6O2/c1-32(2)11-14-7-8-33(12-14)22(35)34(17-5-6-19(25)18(24)9-17)13-16-4-3-15(10-29-16)20-30-31-21(36-20)23(26,27)28/h3-6,9-11,14H,7-8,12-13H2,1-2H3/q+1. The summed E-state index contributed by atoms with van der Waals surface area (Å²) in [4.78, 5) is 20.9. The number of nitrogens with zero attached hydrogens (tertiary/aromatic N) is 6. The number of carbonyl (C=O) groups excluding carboxylic acids is 1. The number of rotatable bonds is 5. The van der Waals surface area contributed by atoms with Gasteiger partial charge in [-0.05, 0) is 36.8 Å². The van der Waals surface area contributed by atoms with Gasteiger partial charge in [-0.25, -0.2) is 13.8 Å². The molecule has 2 aromatic heterocycles. The Balaban J connectivity index is 1.57. The number of likely N-dealkylation sites (tertiary alicyclic amines) is 1. The van der Waals surface area contributed by atoms with Gasteiger partial charge in [0.25, 0.3) is 0 Å². The predicted octanol–water partition coefficient (Wildman–Crippen LogP) is 4.73. The van der Waals surface area contributed by atoms with E-state index in [1.54, 1.807) is 4.90 Å². The summed E-state index contributed by atoms with van der Waals surface area (Å²) < 4.78 is 58.6. The average Bonchev–Trinajstić information content (AvgIpc) is 3.49. The fourth-order valence-corrected chi connectivity index (χ4v) is 4.03. The lowest BCUT2D eigenvalue weighted by atomic mass is 10.1. The Bertz CT molecular complexity index is 1270. The zero-order valence-corrected chi connectivity index (χ0v) is 20.1. The number of alkyl halides is 3. The second-order valence-electron chi connectivity index (χ2n) is 8.52. The molecule has 1 unspecified atom stereocenters. The van der Waals surface area contributed by atoms with Crippen LogP contribution in [0.15, 0.2) is 40.9 Å². The monoisotopic (exact) mass is 525 g/mol. The van der Waals surface area contributed by atoms with E-state index in [2.05, 4.69) is 19.6 Å². The van der Waals surface area contributed by atoms with Crippen LogP contribution in [0.3, 0.4) is 0 Å². The quantitative estimate of drug-likeness (QED) is 0.273. The van der Waals surface area contributed by atoms with Crippen LogP contribution in [0.4, 0.5) is 28.0 Å². The molecule has 0 radical (unpaired) electrons. The Morgan fingerprint density at radius 1 is 1.28 bits per heavy atom. The fourth-order valence-electron chi connectivity index (χ4n) is 3.86. The molecular weight excluding hydrogens is 504 g/mol. The molecule has 190 valence electrons. The van der Waals surface area contributed by atoms with Crippen LogP contribution in [0.1, 0.15) is 18.0 Å². The molecule has 3 heterocycles. The van der Waals surface area contributed by atoms with E-state index in [4.69, 9.17) is 11.6 Å². The maximum absolute atomic E-state index is 13.8. The van der Waals surface area contributed by atoms with Gasteiger partial charge in [0.2, 0.25) is 5.89 Å². The van der Waals surface area contributed by atoms with E-state index in [0.29, 0.717) is 24.5 Å². The number of urea groups is 1. The number of benzene rings is 1. The summed E-state index contributed by atoms with van der Waals surface area (Å²) in [5, 5.41) is 6.28. The molecule has 0 aliphatic carbocycles. The van der Waals surface area contributed by atoms with Gasteiger partial charge in [0, 0.05) is 25.0 Å². The third-order valence-corrected chi connectivity index (χ3v) is 5.80. The van der Waals surface area contributed by atoms with Crippen molar-refractivity contribution in [3.8, 4) is 11.5 Å². The molecule has 0 saturated carbocycles. The molecule has 0 bridgehead atoms. The summed E-state index contributed by atoms with van der Waals surface area (Å²) in [6, 6.07) is 6.68. The van der Waals surface area contributed by atoms with E-state index in [0.717, 1.165) is 6.42 Å². The third kappa shape index (κ3) is 5.81. The topological polar surface area (TPSA) is 78.4 Å². The van der Waals surface area contributed by atoms with Gasteiger partial charge in [-0.15, -0.1) is 10.2 Å². The van der Waals surface area contributed by atoms with Crippen LogP contribution in [0.5, 0.6) is 0 Å². The molecule has 8 nitrogen and oxygen atoms in total. The lowest BCUT2D eigenvalue weighted by molar-refractivity contribution is -0.461. The Kier molecular flexibility index (Phi) is 7.25. The second-order valence-corrected chi connectivity index (χ2v) is 8.93. The lowest BCUT2D eigenvalue weighted by Gasteiger charge is -2.28. The molecule has 1 aromatic carbocycles. The van der Waals surface area contributed by atoms with Gasteiger partial charge in [-0.2, -0.15) is 13.2 Å². The molecule has 1 atom stereocenters. The van der Waals surface area contributed by atoms with Crippen molar-refractivity contribution >= 4 is 29.5 Å². The Hall–Kier alpha value is -3.54. The SMILES string of the molecule is C[N+](C)=CC1CCN(C(=O)N(Cc2ccc(-c3nnc(C(F)(F)F)o3)cn2)c2ccc(F)c(Cl)c2)C1. The zero-order valence-electron chi connectivity index (χ0n) is 19.3. The first-order valence-corrected chi connectivity index (χ1v) is 11.3. The number of aromatic nitrogens is 3. The molecule has 0 N–H and O–H groups in total. The molecule has 1 aliphatic rings. The number of hydrogen-bond acceptors (Lipinski definition) is 5. The Labute approximate surface area is 208 Å². The second kappa shape index (κ2) is 10.2. The normalized spacial score (nSPS) is 15.8. The molecule has 2 amide bonds. The van der Waals surface area contributed by atoms with Crippen LogP contribution in [0, 0.1) is 11.7 Å². The van der Waals surface area contributed by atoms with Crippen molar-refractivity contribution in [1.29, 1.82) is 0 Å². The first-order valence-electron chi connectivity index (χ1n) is 10.9. The summed E-state index contributed by atoms with van der Waals surface area (Å²) in [7, 11) is 3.84. The van der Waals surface area contributed by atoms with Crippen LogP contribution in [0.25, 0.3) is 11.5 Å². The van der Waals surface area contributed by atoms with Gasteiger partial charge in [-0.3, -0.25) is 9.88 Å². The van der Waals surface area contributed by atoms with Crippen LogP contribution in [-0.2, 0) is 12.7 Å². The summed E-state index contributed by atoms with van der Waals surface area (Å²) in [5.74, 6) is -2.20. The Morgan fingerprint density at radius 3 is 2.67 bits per heavy atom. The van der Waals surface area contributed by atoms with Gasteiger partial charge in [-0.1, -0.05) is 11.6 Å². The third-order valence-electron chi connectivity index (χ3n) is 5.51. The summed E-state index contributed by atoms with van der Waals surface area (Å²) >= 11 is 5.97. The van der Waals surface area contributed by atoms with Crippen molar-refractivity contribution in [3.63, 3.8) is 0 Å². The molecule has 36 heavy (non-hydrogen) atoms. The summed E-state index contributed by atoms with van der Waals surface area (Å²) in [5.41, 5.74) is 0.994. The minimum Gasteiger partial charge on any atom is -0.413 e. The number of pyridine rings is 1. The highest BCUT2D eigenvalue weighted by atomic mass is 35.5. The van der Waals surface area contributed by atoms with Crippen LogP contribution >= 0.6 is 11.6 Å². The van der Waals surface area contributed by atoms with E-state index in [1.807, 2.05) is 24.9 Å². The van der Waals surface area contributed by atoms with E-state index >= 15 is 0 Å². The van der Waals surface area contributed by atoms with Crippen molar-refractivity contribution in [2.24, 2.45) is 5.92 Å².